The van der Waals surface area contributed by atoms with Crippen LogP contribution in [0.3, 0.4) is 0 Å². The first-order chi connectivity index (χ1) is 12.5. The molecule has 2 rings (SSSR count). The van der Waals surface area contributed by atoms with Gasteiger partial charge in [-0.25, -0.2) is 4.99 Å². The van der Waals surface area contributed by atoms with Gasteiger partial charge in [0, 0.05) is 32.7 Å². The second-order valence-corrected chi connectivity index (χ2v) is 6.37. The molecular weight excluding hydrogens is 451 g/mol. The Labute approximate surface area is 179 Å². The molecule has 27 heavy (non-hydrogen) atoms. The second-order valence-electron chi connectivity index (χ2n) is 6.37. The van der Waals surface area contributed by atoms with E-state index in [4.69, 9.17) is 0 Å². The number of guanidine groups is 1. The minimum absolute atomic E-state index is 0. The Balaban J connectivity index is 0.00000364. The Hall–Kier alpha value is -2.09. The molecule has 0 fully saturated rings. The van der Waals surface area contributed by atoms with E-state index in [1.807, 2.05) is 43.3 Å². The van der Waals surface area contributed by atoms with Crippen molar-refractivity contribution in [2.45, 2.75) is 26.9 Å². The molecule has 6 heteroatoms. The first-order valence-corrected chi connectivity index (χ1v) is 8.88. The van der Waals surface area contributed by atoms with Crippen LogP contribution < -0.4 is 10.6 Å². The zero-order valence-electron chi connectivity index (χ0n) is 16.5. The summed E-state index contributed by atoms with van der Waals surface area (Å²) in [6.45, 7) is 6.24. The fourth-order valence-electron chi connectivity index (χ4n) is 2.51. The molecule has 2 aromatic rings. The Morgan fingerprint density at radius 1 is 1.04 bits per heavy atom. The van der Waals surface area contributed by atoms with Crippen LogP contribution in [-0.2, 0) is 13.1 Å². The number of amides is 1. The summed E-state index contributed by atoms with van der Waals surface area (Å²) in [5.41, 5.74) is 4.27. The molecule has 0 radical (unpaired) electrons. The summed E-state index contributed by atoms with van der Waals surface area (Å²) in [6.07, 6.45) is 0. The smallest absolute Gasteiger partial charge is 0.253 e. The fraction of sp³-hybridized carbons (Fsp3) is 0.333. The zero-order chi connectivity index (χ0) is 18.9. The number of rotatable bonds is 6. The fourth-order valence-corrected chi connectivity index (χ4v) is 2.51. The maximum atomic E-state index is 11.9. The normalized spacial score (nSPS) is 10.7. The van der Waals surface area contributed by atoms with Crippen molar-refractivity contribution in [3.8, 4) is 0 Å². The summed E-state index contributed by atoms with van der Waals surface area (Å²) in [7, 11) is 3.51. The van der Waals surface area contributed by atoms with Crippen molar-refractivity contribution in [3.63, 3.8) is 0 Å². The van der Waals surface area contributed by atoms with Gasteiger partial charge in [0.15, 0.2) is 5.96 Å². The predicted octanol–water partition coefficient (Wildman–Crippen LogP) is 3.57. The molecule has 0 unspecified atom stereocenters. The van der Waals surface area contributed by atoms with Crippen LogP contribution in [0.15, 0.2) is 53.5 Å². The number of hydrogen-bond donors (Lipinski definition) is 2. The quantitative estimate of drug-likeness (QED) is 0.378. The van der Waals surface area contributed by atoms with Crippen LogP contribution in [0.2, 0.25) is 0 Å². The van der Waals surface area contributed by atoms with E-state index in [1.54, 1.807) is 19.0 Å². The Morgan fingerprint density at radius 3 is 2.30 bits per heavy atom. The van der Waals surface area contributed by atoms with Gasteiger partial charge in [0.1, 0.15) is 0 Å². The molecule has 0 spiro atoms. The highest BCUT2D eigenvalue weighted by molar-refractivity contribution is 14.0. The molecule has 0 aliphatic carbocycles. The molecule has 0 heterocycles. The Bertz CT molecular complexity index is 757. The number of hydrogen-bond acceptors (Lipinski definition) is 2. The number of carbonyl (C=O) groups is 1. The standard InChI is InChI=1S/C21H28N4O.HI/c1-5-22-21(24-15-19-9-7-6-8-16(19)2)23-14-17-10-12-18(13-11-17)20(26)25(3)4;/h6-13H,5,14-15H2,1-4H3,(H2,22,23,24);1H. The van der Waals surface area contributed by atoms with Crippen molar-refractivity contribution in [3.05, 3.63) is 70.8 Å². The van der Waals surface area contributed by atoms with Gasteiger partial charge in [-0.1, -0.05) is 36.4 Å². The van der Waals surface area contributed by atoms with Crippen LogP contribution in [0, 0.1) is 6.92 Å². The van der Waals surface area contributed by atoms with Gasteiger partial charge in [-0.3, -0.25) is 4.79 Å². The van der Waals surface area contributed by atoms with E-state index in [2.05, 4.69) is 34.7 Å². The van der Waals surface area contributed by atoms with E-state index < -0.39 is 0 Å². The Morgan fingerprint density at radius 2 is 1.70 bits per heavy atom. The molecule has 2 N–H and O–H groups in total. The van der Waals surface area contributed by atoms with Crippen molar-refractivity contribution >= 4 is 35.8 Å². The second kappa shape index (κ2) is 11.6. The molecule has 0 atom stereocenters. The van der Waals surface area contributed by atoms with Crippen LogP contribution in [0.5, 0.6) is 0 Å². The number of aryl methyl sites for hydroxylation is 1. The van der Waals surface area contributed by atoms with Gasteiger partial charge >= 0.3 is 0 Å². The van der Waals surface area contributed by atoms with Crippen LogP contribution in [0.25, 0.3) is 0 Å². The monoisotopic (exact) mass is 480 g/mol. The number of aliphatic imine (C=N–C) groups is 1. The molecule has 1 amide bonds. The van der Waals surface area contributed by atoms with Gasteiger partial charge in [-0.15, -0.1) is 24.0 Å². The largest absolute Gasteiger partial charge is 0.357 e. The first-order valence-electron chi connectivity index (χ1n) is 8.88. The van der Waals surface area contributed by atoms with Gasteiger partial charge < -0.3 is 15.5 Å². The zero-order valence-corrected chi connectivity index (χ0v) is 18.8. The van der Waals surface area contributed by atoms with Crippen LogP contribution in [0.1, 0.15) is 34.0 Å². The maximum absolute atomic E-state index is 11.9. The lowest BCUT2D eigenvalue weighted by atomic mass is 10.1. The maximum Gasteiger partial charge on any atom is 0.253 e. The lowest BCUT2D eigenvalue weighted by molar-refractivity contribution is 0.0827. The van der Waals surface area contributed by atoms with E-state index in [0.29, 0.717) is 12.1 Å². The SMILES string of the molecule is CCNC(=NCc1ccc(C(=O)N(C)C)cc1)NCc1ccccc1C.I. The first kappa shape index (κ1) is 23.0. The minimum Gasteiger partial charge on any atom is -0.357 e. The van der Waals surface area contributed by atoms with Crippen molar-refractivity contribution in [1.82, 2.24) is 15.5 Å². The molecule has 2 aromatic carbocycles. The van der Waals surface area contributed by atoms with Crippen LogP contribution in [0.4, 0.5) is 0 Å². The predicted molar refractivity (Wildman–Crippen MR) is 123 cm³/mol. The molecule has 0 aliphatic rings. The van der Waals surface area contributed by atoms with Crippen molar-refractivity contribution < 1.29 is 4.79 Å². The van der Waals surface area contributed by atoms with Crippen molar-refractivity contribution in [1.29, 1.82) is 0 Å². The highest BCUT2D eigenvalue weighted by Gasteiger charge is 2.07. The summed E-state index contributed by atoms with van der Waals surface area (Å²) >= 11 is 0. The summed E-state index contributed by atoms with van der Waals surface area (Å²) < 4.78 is 0. The molecule has 146 valence electrons. The number of benzene rings is 2. The molecule has 0 bridgehead atoms. The summed E-state index contributed by atoms with van der Waals surface area (Å²) in [4.78, 5) is 18.1. The van der Waals surface area contributed by atoms with E-state index in [1.165, 1.54) is 11.1 Å². The third-order valence-electron chi connectivity index (χ3n) is 4.08. The Kier molecular flexibility index (Phi) is 9.85. The van der Waals surface area contributed by atoms with E-state index in [0.717, 1.165) is 24.6 Å². The minimum atomic E-state index is 0. The van der Waals surface area contributed by atoms with Crippen molar-refractivity contribution in [2.24, 2.45) is 4.99 Å². The average molecular weight is 480 g/mol. The average Bonchev–Trinajstić information content (AvgIpc) is 2.65. The molecule has 0 aliphatic heterocycles. The third kappa shape index (κ3) is 7.21. The summed E-state index contributed by atoms with van der Waals surface area (Å²) in [6, 6.07) is 15.9. The van der Waals surface area contributed by atoms with Crippen molar-refractivity contribution in [2.75, 3.05) is 20.6 Å². The molecular formula is C21H29IN4O. The number of halogens is 1. The lowest BCUT2D eigenvalue weighted by Gasteiger charge is -2.13. The van der Waals surface area contributed by atoms with Crippen LogP contribution in [-0.4, -0.2) is 37.4 Å². The number of carbonyl (C=O) groups excluding carboxylic acids is 1. The van der Waals surface area contributed by atoms with Gasteiger partial charge in [0.05, 0.1) is 6.54 Å². The highest BCUT2D eigenvalue weighted by Crippen LogP contribution is 2.08. The summed E-state index contributed by atoms with van der Waals surface area (Å²) in [5, 5.41) is 6.64. The lowest BCUT2D eigenvalue weighted by Crippen LogP contribution is -2.36. The van der Waals surface area contributed by atoms with E-state index >= 15 is 0 Å². The number of nitrogens with one attached hydrogen (secondary N) is 2. The van der Waals surface area contributed by atoms with Gasteiger partial charge in [-0.2, -0.15) is 0 Å². The molecule has 0 saturated heterocycles. The van der Waals surface area contributed by atoms with Crippen LogP contribution >= 0.6 is 24.0 Å². The molecule has 0 aromatic heterocycles. The van der Waals surface area contributed by atoms with E-state index in [9.17, 15) is 4.79 Å². The highest BCUT2D eigenvalue weighted by atomic mass is 127. The van der Waals surface area contributed by atoms with Gasteiger partial charge in [-0.05, 0) is 42.7 Å². The molecule has 0 saturated carbocycles. The number of nitrogens with zero attached hydrogens (tertiary/aromatic N) is 2. The third-order valence-corrected chi connectivity index (χ3v) is 4.08. The molecule has 5 nitrogen and oxygen atoms in total. The topological polar surface area (TPSA) is 56.7 Å². The van der Waals surface area contributed by atoms with E-state index in [-0.39, 0.29) is 29.9 Å². The van der Waals surface area contributed by atoms with Gasteiger partial charge in [0.25, 0.3) is 5.91 Å². The summed E-state index contributed by atoms with van der Waals surface area (Å²) in [5.74, 6) is 0.789. The van der Waals surface area contributed by atoms with Gasteiger partial charge in [0.2, 0.25) is 0 Å².